The first kappa shape index (κ1) is 8.20. The molecule has 0 radical (unpaired) electrons. The minimum atomic E-state index is -0.884. The Kier molecular flexibility index (Phi) is 1.95. The lowest BCUT2D eigenvalue weighted by molar-refractivity contribution is -0.156. The van der Waals surface area contributed by atoms with E-state index in [4.69, 9.17) is 5.11 Å². The fourth-order valence-electron chi connectivity index (χ4n) is 1.37. The van der Waals surface area contributed by atoms with Crippen molar-refractivity contribution in [2.45, 2.75) is 18.4 Å². The molecule has 0 aromatic rings. The van der Waals surface area contributed by atoms with Gasteiger partial charge in [-0.25, -0.2) is 0 Å². The maximum atomic E-state index is 10.3. The average molecular weight is 157 g/mol. The van der Waals surface area contributed by atoms with Gasteiger partial charge in [-0.05, 0) is 19.6 Å². The van der Waals surface area contributed by atoms with E-state index in [1.807, 2.05) is 0 Å². The Morgan fingerprint density at radius 3 is 2.64 bits per heavy atom. The summed E-state index contributed by atoms with van der Waals surface area (Å²) in [5, 5.41) is 17.9. The maximum absolute atomic E-state index is 10.3. The second kappa shape index (κ2) is 2.62. The maximum Gasteiger partial charge on any atom is 0.306 e. The lowest BCUT2D eigenvalue weighted by Crippen LogP contribution is -2.49. The molecule has 1 aliphatic rings. The number of aliphatic imine (C=N–C) groups is 1. The van der Waals surface area contributed by atoms with Gasteiger partial charge in [-0.1, -0.05) is 0 Å². The minimum Gasteiger partial charge on any atom is -0.481 e. The van der Waals surface area contributed by atoms with E-state index in [0.29, 0.717) is 12.8 Å². The Morgan fingerprint density at radius 1 is 1.73 bits per heavy atom. The van der Waals surface area contributed by atoms with Gasteiger partial charge >= 0.3 is 5.97 Å². The molecule has 0 aromatic heterocycles. The molecule has 0 heterocycles. The van der Waals surface area contributed by atoms with E-state index in [-0.39, 0.29) is 12.5 Å². The molecule has 4 nitrogen and oxygen atoms in total. The van der Waals surface area contributed by atoms with Gasteiger partial charge in [0.25, 0.3) is 0 Å². The number of aliphatic hydroxyl groups is 1. The van der Waals surface area contributed by atoms with Gasteiger partial charge in [0.2, 0.25) is 0 Å². The van der Waals surface area contributed by atoms with Crippen LogP contribution in [-0.2, 0) is 4.79 Å². The van der Waals surface area contributed by atoms with Crippen LogP contribution in [0, 0.1) is 5.92 Å². The summed E-state index contributed by atoms with van der Waals surface area (Å²) in [7, 11) is 0. The van der Waals surface area contributed by atoms with E-state index in [2.05, 4.69) is 11.7 Å². The standard InChI is InChI=1S/C7H11NO3/c1-8-4-7(11)2-5(3-7)6(9)10/h5,11H,1-4H2,(H,9,10)/t5-,7+. The SMILES string of the molecule is C=NC[C@]1(O)C[C@@H](C(=O)O)C1. The third-order valence-electron chi connectivity index (χ3n) is 2.01. The topological polar surface area (TPSA) is 69.9 Å². The summed E-state index contributed by atoms with van der Waals surface area (Å²) < 4.78 is 0. The third-order valence-corrected chi connectivity index (χ3v) is 2.01. The van der Waals surface area contributed by atoms with Crippen molar-refractivity contribution in [3.05, 3.63) is 0 Å². The number of carboxylic acids is 1. The smallest absolute Gasteiger partial charge is 0.306 e. The van der Waals surface area contributed by atoms with Gasteiger partial charge in [-0.3, -0.25) is 9.79 Å². The monoisotopic (exact) mass is 157 g/mol. The van der Waals surface area contributed by atoms with Gasteiger partial charge in [0, 0.05) is 0 Å². The van der Waals surface area contributed by atoms with Crippen molar-refractivity contribution < 1.29 is 15.0 Å². The summed E-state index contributed by atoms with van der Waals surface area (Å²) >= 11 is 0. The molecule has 1 fully saturated rings. The fraction of sp³-hybridized carbons (Fsp3) is 0.714. The van der Waals surface area contributed by atoms with Gasteiger partial charge in [-0.2, -0.15) is 0 Å². The first-order valence-corrected chi connectivity index (χ1v) is 3.45. The zero-order valence-corrected chi connectivity index (χ0v) is 6.16. The average Bonchev–Trinajstić information content (AvgIpc) is 1.82. The van der Waals surface area contributed by atoms with Crippen LogP contribution in [0.1, 0.15) is 12.8 Å². The van der Waals surface area contributed by atoms with Gasteiger partial charge in [0.15, 0.2) is 0 Å². The van der Waals surface area contributed by atoms with Gasteiger partial charge in [0.05, 0.1) is 18.1 Å². The summed E-state index contributed by atoms with van der Waals surface area (Å²) in [4.78, 5) is 13.8. The highest BCUT2D eigenvalue weighted by Crippen LogP contribution is 2.37. The molecule has 0 saturated heterocycles. The Hall–Kier alpha value is -0.900. The Bertz CT molecular complexity index is 184. The molecule has 0 aliphatic heterocycles. The van der Waals surface area contributed by atoms with Crippen LogP contribution in [0.2, 0.25) is 0 Å². The largest absolute Gasteiger partial charge is 0.481 e. The quantitative estimate of drug-likeness (QED) is 0.562. The van der Waals surface area contributed by atoms with Gasteiger partial charge in [0.1, 0.15) is 0 Å². The first-order chi connectivity index (χ1) is 5.07. The van der Waals surface area contributed by atoms with Crippen molar-refractivity contribution >= 4 is 12.7 Å². The van der Waals surface area contributed by atoms with E-state index < -0.39 is 11.6 Å². The van der Waals surface area contributed by atoms with Crippen LogP contribution in [0.4, 0.5) is 0 Å². The van der Waals surface area contributed by atoms with Gasteiger partial charge in [-0.15, -0.1) is 0 Å². The number of carboxylic acid groups (broad SMARTS) is 1. The van der Waals surface area contributed by atoms with E-state index in [1.165, 1.54) is 0 Å². The number of rotatable bonds is 3. The Morgan fingerprint density at radius 2 is 2.27 bits per heavy atom. The van der Waals surface area contributed by atoms with Crippen LogP contribution in [0.5, 0.6) is 0 Å². The molecule has 1 saturated carbocycles. The summed E-state index contributed by atoms with van der Waals surface area (Å²) in [5.41, 5.74) is -0.884. The predicted molar refractivity (Wildman–Crippen MR) is 39.7 cm³/mol. The highest BCUT2D eigenvalue weighted by atomic mass is 16.4. The molecular weight excluding hydrogens is 146 g/mol. The third kappa shape index (κ3) is 1.57. The highest BCUT2D eigenvalue weighted by molar-refractivity contribution is 5.71. The zero-order valence-electron chi connectivity index (χ0n) is 6.16. The second-order valence-electron chi connectivity index (χ2n) is 3.05. The molecular formula is C7H11NO3. The normalized spacial score (nSPS) is 35.9. The molecule has 0 aromatic carbocycles. The van der Waals surface area contributed by atoms with Crippen LogP contribution >= 0.6 is 0 Å². The van der Waals surface area contributed by atoms with E-state index in [9.17, 15) is 9.90 Å². The van der Waals surface area contributed by atoms with Crippen LogP contribution in [0.3, 0.4) is 0 Å². The van der Waals surface area contributed by atoms with Gasteiger partial charge < -0.3 is 10.2 Å². The number of aliphatic carboxylic acids is 1. The number of carbonyl (C=O) groups is 1. The number of hydrogen-bond donors (Lipinski definition) is 2. The molecule has 11 heavy (non-hydrogen) atoms. The van der Waals surface area contributed by atoms with Crippen LogP contribution in [0.25, 0.3) is 0 Å². The molecule has 0 atom stereocenters. The molecule has 2 N–H and O–H groups in total. The van der Waals surface area contributed by atoms with Crippen LogP contribution in [-0.4, -0.2) is 35.0 Å². The molecule has 0 amide bonds. The van der Waals surface area contributed by atoms with Crippen molar-refractivity contribution in [1.29, 1.82) is 0 Å². The lowest BCUT2D eigenvalue weighted by Gasteiger charge is -2.40. The molecule has 4 heteroatoms. The van der Waals surface area contributed by atoms with Crippen molar-refractivity contribution in [2.75, 3.05) is 6.54 Å². The fourth-order valence-corrected chi connectivity index (χ4v) is 1.37. The molecule has 0 unspecified atom stereocenters. The van der Waals surface area contributed by atoms with E-state index in [1.54, 1.807) is 0 Å². The number of hydrogen-bond acceptors (Lipinski definition) is 3. The van der Waals surface area contributed by atoms with Crippen molar-refractivity contribution in [2.24, 2.45) is 10.9 Å². The molecule has 0 spiro atoms. The second-order valence-corrected chi connectivity index (χ2v) is 3.05. The van der Waals surface area contributed by atoms with Crippen molar-refractivity contribution in [1.82, 2.24) is 0 Å². The Labute approximate surface area is 64.6 Å². The summed E-state index contributed by atoms with van der Waals surface area (Å²) in [6, 6.07) is 0. The predicted octanol–water partition coefficient (Wildman–Crippen LogP) is -0.0873. The van der Waals surface area contributed by atoms with Crippen LogP contribution in [0.15, 0.2) is 4.99 Å². The van der Waals surface area contributed by atoms with E-state index >= 15 is 0 Å². The van der Waals surface area contributed by atoms with Crippen molar-refractivity contribution in [3.63, 3.8) is 0 Å². The summed E-state index contributed by atoms with van der Waals surface area (Å²) in [6.45, 7) is 3.49. The summed E-state index contributed by atoms with van der Waals surface area (Å²) in [6.07, 6.45) is 0.614. The van der Waals surface area contributed by atoms with E-state index in [0.717, 1.165) is 0 Å². The number of nitrogens with zero attached hydrogens (tertiary/aromatic N) is 1. The van der Waals surface area contributed by atoms with Crippen LogP contribution < -0.4 is 0 Å². The van der Waals surface area contributed by atoms with Crippen molar-refractivity contribution in [3.8, 4) is 0 Å². The first-order valence-electron chi connectivity index (χ1n) is 3.45. The highest BCUT2D eigenvalue weighted by Gasteiger charge is 2.45. The molecule has 62 valence electrons. The summed E-state index contributed by atoms with van der Waals surface area (Å²) in [5.74, 6) is -1.22. The lowest BCUT2D eigenvalue weighted by atomic mass is 9.71. The Balaban J connectivity index is 2.37. The molecule has 1 aliphatic carbocycles. The molecule has 0 bridgehead atoms. The molecule has 1 rings (SSSR count). The minimum absolute atomic E-state index is 0.247. The zero-order chi connectivity index (χ0) is 8.48.